The molecule has 0 aliphatic heterocycles. The van der Waals surface area contributed by atoms with Gasteiger partial charge in [0.05, 0.1) is 0 Å². The molecule has 1 aromatic carbocycles. The summed E-state index contributed by atoms with van der Waals surface area (Å²) in [4.78, 5) is 2.70. The van der Waals surface area contributed by atoms with Gasteiger partial charge < -0.3 is 10.5 Å². The summed E-state index contributed by atoms with van der Waals surface area (Å²) in [6.07, 6.45) is 3.23. The lowest BCUT2D eigenvalue weighted by Gasteiger charge is -2.08. The van der Waals surface area contributed by atoms with Gasteiger partial charge in [0.2, 0.25) is 0 Å². The quantitative estimate of drug-likeness (QED) is 0.918. The SMILES string of the molecule is CCc1ccc(COc2ccc3c(c2)CCC3N)s1. The molecular weight excluding hydrogens is 254 g/mol. The third-order valence-corrected chi connectivity index (χ3v) is 4.89. The van der Waals surface area contributed by atoms with E-state index in [1.165, 1.54) is 20.9 Å². The number of nitrogens with two attached hydrogens (primary N) is 1. The van der Waals surface area contributed by atoms with Crippen molar-refractivity contribution in [3.63, 3.8) is 0 Å². The summed E-state index contributed by atoms with van der Waals surface area (Å²) in [5.74, 6) is 0.958. The second kappa shape index (κ2) is 5.35. The fourth-order valence-corrected chi connectivity index (χ4v) is 3.43. The Hall–Kier alpha value is -1.32. The van der Waals surface area contributed by atoms with Gasteiger partial charge in [-0.25, -0.2) is 0 Å². The monoisotopic (exact) mass is 273 g/mol. The second-order valence-electron chi connectivity index (χ2n) is 5.02. The summed E-state index contributed by atoms with van der Waals surface area (Å²) in [6.45, 7) is 2.84. The van der Waals surface area contributed by atoms with Gasteiger partial charge in [0.1, 0.15) is 12.4 Å². The number of hydrogen-bond donors (Lipinski definition) is 1. The molecule has 1 aromatic heterocycles. The Bertz CT molecular complexity index is 576. The standard InChI is InChI=1S/C16H19NOS/c1-2-13-5-6-14(19-13)10-18-12-4-7-15-11(9-12)3-8-16(15)17/h4-7,9,16H,2-3,8,10,17H2,1H3. The molecule has 1 heterocycles. The van der Waals surface area contributed by atoms with E-state index in [0.29, 0.717) is 6.61 Å². The van der Waals surface area contributed by atoms with Crippen LogP contribution in [0.5, 0.6) is 5.75 Å². The van der Waals surface area contributed by atoms with E-state index in [-0.39, 0.29) is 6.04 Å². The molecular formula is C16H19NOS. The molecule has 2 nitrogen and oxygen atoms in total. The molecule has 0 fully saturated rings. The van der Waals surface area contributed by atoms with E-state index in [2.05, 4.69) is 31.2 Å². The zero-order valence-electron chi connectivity index (χ0n) is 11.2. The minimum absolute atomic E-state index is 0.216. The fraction of sp³-hybridized carbons (Fsp3) is 0.375. The lowest BCUT2D eigenvalue weighted by molar-refractivity contribution is 0.309. The molecule has 19 heavy (non-hydrogen) atoms. The van der Waals surface area contributed by atoms with E-state index < -0.39 is 0 Å². The van der Waals surface area contributed by atoms with Gasteiger partial charge in [0.25, 0.3) is 0 Å². The number of aryl methyl sites for hydroxylation is 2. The van der Waals surface area contributed by atoms with E-state index in [1.807, 2.05) is 17.4 Å². The van der Waals surface area contributed by atoms with Crippen molar-refractivity contribution in [1.82, 2.24) is 0 Å². The van der Waals surface area contributed by atoms with Crippen molar-refractivity contribution < 1.29 is 4.74 Å². The molecule has 3 rings (SSSR count). The number of ether oxygens (including phenoxy) is 1. The van der Waals surface area contributed by atoms with Crippen LogP contribution in [0.4, 0.5) is 0 Å². The molecule has 100 valence electrons. The largest absolute Gasteiger partial charge is 0.488 e. The first-order valence-electron chi connectivity index (χ1n) is 6.85. The second-order valence-corrected chi connectivity index (χ2v) is 6.27. The predicted octanol–water partition coefficient (Wildman–Crippen LogP) is 3.84. The van der Waals surface area contributed by atoms with Crippen LogP contribution in [0.1, 0.15) is 40.3 Å². The maximum Gasteiger partial charge on any atom is 0.122 e. The first-order valence-corrected chi connectivity index (χ1v) is 7.66. The lowest BCUT2D eigenvalue weighted by atomic mass is 10.1. The van der Waals surface area contributed by atoms with Crippen LogP contribution in [0.25, 0.3) is 0 Å². The van der Waals surface area contributed by atoms with Crippen LogP contribution in [0.15, 0.2) is 30.3 Å². The minimum Gasteiger partial charge on any atom is -0.488 e. The molecule has 0 spiro atoms. The lowest BCUT2D eigenvalue weighted by Crippen LogP contribution is -2.04. The number of benzene rings is 1. The van der Waals surface area contributed by atoms with Crippen LogP contribution >= 0.6 is 11.3 Å². The molecule has 1 aliphatic rings. The highest BCUT2D eigenvalue weighted by Gasteiger charge is 2.19. The molecule has 1 atom stereocenters. The Labute approximate surface area is 118 Å². The molecule has 0 radical (unpaired) electrons. The Morgan fingerprint density at radius 3 is 2.89 bits per heavy atom. The molecule has 0 bridgehead atoms. The zero-order valence-corrected chi connectivity index (χ0v) is 12.0. The fourth-order valence-electron chi connectivity index (χ4n) is 2.56. The molecule has 2 N–H and O–H groups in total. The topological polar surface area (TPSA) is 35.2 Å². The van der Waals surface area contributed by atoms with E-state index in [1.54, 1.807) is 0 Å². The molecule has 2 aromatic rings. The van der Waals surface area contributed by atoms with Crippen LogP contribution in [-0.4, -0.2) is 0 Å². The Morgan fingerprint density at radius 1 is 1.26 bits per heavy atom. The maximum atomic E-state index is 6.04. The number of fused-ring (bicyclic) bond motifs is 1. The Morgan fingerprint density at radius 2 is 2.11 bits per heavy atom. The van der Waals surface area contributed by atoms with Crippen molar-refractivity contribution in [2.24, 2.45) is 5.73 Å². The molecule has 1 unspecified atom stereocenters. The van der Waals surface area contributed by atoms with Crippen LogP contribution in [-0.2, 0) is 19.4 Å². The molecule has 1 aliphatic carbocycles. The van der Waals surface area contributed by atoms with E-state index >= 15 is 0 Å². The molecule has 0 saturated carbocycles. The average molecular weight is 273 g/mol. The normalized spacial score (nSPS) is 17.5. The first-order chi connectivity index (χ1) is 9.26. The van der Waals surface area contributed by atoms with Crippen LogP contribution in [0, 0.1) is 0 Å². The summed E-state index contributed by atoms with van der Waals surface area (Å²) in [7, 11) is 0. The summed E-state index contributed by atoms with van der Waals surface area (Å²) in [5.41, 5.74) is 8.68. The van der Waals surface area contributed by atoms with E-state index in [9.17, 15) is 0 Å². The van der Waals surface area contributed by atoms with Gasteiger partial charge in [0, 0.05) is 15.8 Å². The van der Waals surface area contributed by atoms with Crippen LogP contribution in [0.3, 0.4) is 0 Å². The summed E-state index contributed by atoms with van der Waals surface area (Å²) < 4.78 is 5.88. The number of thiophene rings is 1. The van der Waals surface area contributed by atoms with Crippen LogP contribution in [0.2, 0.25) is 0 Å². The third kappa shape index (κ3) is 2.67. The Kier molecular flexibility index (Phi) is 3.58. The van der Waals surface area contributed by atoms with E-state index in [0.717, 1.165) is 25.0 Å². The van der Waals surface area contributed by atoms with Gasteiger partial charge in [-0.3, -0.25) is 0 Å². The highest BCUT2D eigenvalue weighted by molar-refractivity contribution is 7.11. The van der Waals surface area contributed by atoms with Gasteiger partial charge in [-0.2, -0.15) is 0 Å². The molecule has 0 saturated heterocycles. The zero-order chi connectivity index (χ0) is 13.2. The highest BCUT2D eigenvalue weighted by Crippen LogP contribution is 2.32. The van der Waals surface area contributed by atoms with Crippen molar-refractivity contribution in [3.8, 4) is 5.75 Å². The van der Waals surface area contributed by atoms with Gasteiger partial charge in [-0.15, -0.1) is 11.3 Å². The molecule has 0 amide bonds. The minimum atomic E-state index is 0.216. The third-order valence-electron chi connectivity index (χ3n) is 3.69. The van der Waals surface area contributed by atoms with Crippen molar-refractivity contribution in [2.75, 3.05) is 0 Å². The summed E-state index contributed by atoms with van der Waals surface area (Å²) in [6, 6.07) is 10.9. The first kappa shape index (κ1) is 12.7. The maximum absolute atomic E-state index is 6.04. The van der Waals surface area contributed by atoms with Gasteiger partial charge >= 0.3 is 0 Å². The van der Waals surface area contributed by atoms with E-state index in [4.69, 9.17) is 10.5 Å². The summed E-state index contributed by atoms with van der Waals surface area (Å²) in [5, 5.41) is 0. The van der Waals surface area contributed by atoms with Gasteiger partial charge in [-0.1, -0.05) is 13.0 Å². The molecule has 3 heteroatoms. The Balaban J connectivity index is 1.67. The van der Waals surface area contributed by atoms with Gasteiger partial charge in [-0.05, 0) is 54.7 Å². The predicted molar refractivity (Wildman–Crippen MR) is 79.7 cm³/mol. The number of rotatable bonds is 4. The van der Waals surface area contributed by atoms with Crippen molar-refractivity contribution in [2.45, 2.75) is 38.8 Å². The van der Waals surface area contributed by atoms with Crippen molar-refractivity contribution in [3.05, 3.63) is 51.2 Å². The van der Waals surface area contributed by atoms with Crippen LogP contribution < -0.4 is 10.5 Å². The number of hydrogen-bond acceptors (Lipinski definition) is 3. The highest BCUT2D eigenvalue weighted by atomic mass is 32.1. The average Bonchev–Trinajstić information content (AvgIpc) is 3.03. The summed E-state index contributed by atoms with van der Waals surface area (Å²) >= 11 is 1.83. The van der Waals surface area contributed by atoms with Crippen molar-refractivity contribution in [1.29, 1.82) is 0 Å². The van der Waals surface area contributed by atoms with Crippen molar-refractivity contribution >= 4 is 11.3 Å². The van der Waals surface area contributed by atoms with Gasteiger partial charge in [0.15, 0.2) is 0 Å². The smallest absolute Gasteiger partial charge is 0.122 e.